The third kappa shape index (κ3) is 5.54. The summed E-state index contributed by atoms with van der Waals surface area (Å²) in [5.74, 6) is 1.02. The first-order valence-corrected chi connectivity index (χ1v) is 11.1. The summed E-state index contributed by atoms with van der Waals surface area (Å²) in [6, 6.07) is 10.2. The van der Waals surface area contributed by atoms with Gasteiger partial charge in [-0.2, -0.15) is 18.2 Å². The molecular weight excluding hydrogens is 522 g/mol. The summed E-state index contributed by atoms with van der Waals surface area (Å²) < 4.78 is 40.5. The molecule has 7 nitrogen and oxygen atoms in total. The lowest BCUT2D eigenvalue weighted by Gasteiger charge is -2.13. The number of hydrogen-bond acceptors (Lipinski definition) is 6. The number of H-pyrrole nitrogens is 1. The van der Waals surface area contributed by atoms with Crippen LogP contribution in [0.15, 0.2) is 54.9 Å². The van der Waals surface area contributed by atoms with Gasteiger partial charge in [-0.3, -0.25) is 10.1 Å². The van der Waals surface area contributed by atoms with Crippen LogP contribution in [0.2, 0.25) is 0 Å². The maximum Gasteiger partial charge on any atom is 0.417 e. The Bertz CT molecular complexity index is 1150. The molecule has 0 saturated heterocycles. The lowest BCUT2D eigenvalue weighted by atomic mass is 10.1. The minimum absolute atomic E-state index is 0.0676. The summed E-state index contributed by atoms with van der Waals surface area (Å²) in [5, 5.41) is 9.56. The van der Waals surface area contributed by atoms with Crippen molar-refractivity contribution < 1.29 is 13.2 Å². The normalized spacial score (nSPS) is 10.9. The van der Waals surface area contributed by atoms with Gasteiger partial charge in [0.15, 0.2) is 5.82 Å². The zero-order valence-corrected chi connectivity index (χ0v) is 18.6. The molecule has 4 rings (SSSR count). The van der Waals surface area contributed by atoms with Crippen molar-refractivity contribution in [3.05, 3.63) is 66.2 Å². The minimum atomic E-state index is -4.54. The smallest absolute Gasteiger partial charge is 0.307 e. The van der Waals surface area contributed by atoms with E-state index >= 15 is 0 Å². The number of rotatable bonds is 4. The monoisotopic (exact) mass is 539 g/mol. The van der Waals surface area contributed by atoms with Crippen molar-refractivity contribution in [3.63, 3.8) is 0 Å². The second kappa shape index (κ2) is 9.81. The first-order chi connectivity index (χ1) is 14.9. The van der Waals surface area contributed by atoms with E-state index in [-0.39, 0.29) is 23.2 Å². The predicted molar refractivity (Wildman–Crippen MR) is 120 cm³/mol. The van der Waals surface area contributed by atoms with Crippen LogP contribution in [0.5, 0.6) is 0 Å². The molecule has 0 aliphatic heterocycles. The molecule has 2 N–H and O–H groups in total. The third-order valence-corrected chi connectivity index (χ3v) is 4.01. The molecule has 31 heavy (non-hydrogen) atoms. The van der Waals surface area contributed by atoms with E-state index in [1.807, 2.05) is 4.93 Å². The van der Waals surface area contributed by atoms with E-state index in [4.69, 9.17) is 0 Å². The van der Waals surface area contributed by atoms with Crippen LogP contribution in [-0.2, 0) is 6.18 Å². The van der Waals surface area contributed by atoms with Gasteiger partial charge < -0.3 is 5.32 Å². The number of aryl methyl sites for hydroxylation is 1. The van der Waals surface area contributed by atoms with Crippen molar-refractivity contribution in [3.8, 4) is 22.6 Å². The van der Waals surface area contributed by atoms with E-state index in [9.17, 15) is 13.2 Å². The van der Waals surface area contributed by atoms with Crippen LogP contribution < -0.4 is 5.32 Å². The lowest BCUT2D eigenvalue weighted by molar-refractivity contribution is -0.137. The van der Waals surface area contributed by atoms with Gasteiger partial charge in [0.1, 0.15) is 11.6 Å². The molecule has 3 heterocycles. The molecule has 0 fully saturated rings. The van der Waals surface area contributed by atoms with E-state index in [2.05, 4.69) is 58.0 Å². The molecule has 0 saturated carbocycles. The van der Waals surface area contributed by atoms with Crippen molar-refractivity contribution in [2.45, 2.75) is 13.1 Å². The maximum atomic E-state index is 13.5. The van der Waals surface area contributed by atoms with E-state index < -0.39 is 11.7 Å². The van der Waals surface area contributed by atoms with Gasteiger partial charge in [0, 0.05) is 29.6 Å². The van der Waals surface area contributed by atoms with Crippen molar-refractivity contribution in [1.29, 1.82) is 0 Å². The maximum absolute atomic E-state index is 13.5. The van der Waals surface area contributed by atoms with E-state index in [1.165, 1.54) is 18.2 Å². The highest BCUT2D eigenvalue weighted by Crippen LogP contribution is 2.36. The Morgan fingerprint density at radius 3 is 2.32 bits per heavy atom. The number of pyridine rings is 1. The highest BCUT2D eigenvalue weighted by atomic mass is 127. The van der Waals surface area contributed by atoms with Gasteiger partial charge in [-0.15, -0.1) is 5.10 Å². The summed E-state index contributed by atoms with van der Waals surface area (Å²) in [6.07, 6.45) is -1.39. The average molecular weight is 539 g/mol. The standard InChI is InChI=1S/C19H14F3N7.CH3I/c1-11-24-18(29-28-11)27-16-10-15(12-6-8-23-9-7-12)25-17(26-16)13-4-2-3-5-14(13)19(20,21)22;1-2/h2-10H,1H3,(H2,24,25,26,27,28,29);1H3. The number of nitrogens with zero attached hydrogens (tertiary/aromatic N) is 5. The number of hydrogen-bond donors (Lipinski definition) is 2. The van der Waals surface area contributed by atoms with Crippen LogP contribution in [0.25, 0.3) is 22.6 Å². The van der Waals surface area contributed by atoms with Crippen LogP contribution >= 0.6 is 22.6 Å². The fraction of sp³-hybridized carbons (Fsp3) is 0.150. The molecule has 4 aromatic rings. The number of halogens is 4. The van der Waals surface area contributed by atoms with Crippen molar-refractivity contribution in [2.75, 3.05) is 10.2 Å². The summed E-state index contributed by atoms with van der Waals surface area (Å²) in [4.78, 5) is 18.7. The summed E-state index contributed by atoms with van der Waals surface area (Å²) in [7, 11) is 0. The van der Waals surface area contributed by atoms with Gasteiger partial charge in [-0.05, 0) is 30.1 Å². The molecule has 0 aliphatic rings. The molecule has 0 amide bonds. The molecule has 0 aliphatic carbocycles. The Labute approximate surface area is 189 Å². The quantitative estimate of drug-likeness (QED) is 0.265. The molecule has 1 aromatic carbocycles. The van der Waals surface area contributed by atoms with Crippen LogP contribution in [0.1, 0.15) is 11.4 Å². The van der Waals surface area contributed by atoms with E-state index in [1.54, 1.807) is 37.5 Å². The Morgan fingerprint density at radius 1 is 0.968 bits per heavy atom. The molecule has 160 valence electrons. The Kier molecular flexibility index (Phi) is 7.15. The number of benzene rings is 1. The summed E-state index contributed by atoms with van der Waals surface area (Å²) in [6.45, 7) is 1.73. The highest BCUT2D eigenvalue weighted by molar-refractivity contribution is 14.1. The number of aromatic nitrogens is 6. The predicted octanol–water partition coefficient (Wildman–Crippen LogP) is 5.45. The van der Waals surface area contributed by atoms with E-state index in [0.717, 1.165) is 6.07 Å². The first kappa shape index (κ1) is 22.6. The SMILES string of the molecule is CI.Cc1nc(Nc2cc(-c3ccncc3)nc(-c3ccccc3C(F)(F)F)n2)n[nH]1. The second-order valence-corrected chi connectivity index (χ2v) is 6.11. The zero-order valence-electron chi connectivity index (χ0n) is 16.4. The van der Waals surface area contributed by atoms with Gasteiger partial charge in [0.05, 0.1) is 11.3 Å². The average Bonchev–Trinajstić information content (AvgIpc) is 3.19. The number of alkyl halides is 4. The number of nitrogens with one attached hydrogen (secondary N) is 2. The molecule has 0 unspecified atom stereocenters. The Hall–Kier alpha value is -3.09. The van der Waals surface area contributed by atoms with Crippen LogP contribution in [-0.4, -0.2) is 35.1 Å². The fourth-order valence-electron chi connectivity index (χ4n) is 2.74. The summed E-state index contributed by atoms with van der Waals surface area (Å²) in [5.41, 5.74) is 0.184. The van der Waals surface area contributed by atoms with Crippen LogP contribution in [0.3, 0.4) is 0 Å². The molecule has 3 aromatic heterocycles. The van der Waals surface area contributed by atoms with E-state index in [0.29, 0.717) is 17.1 Å². The van der Waals surface area contributed by atoms with Gasteiger partial charge >= 0.3 is 6.18 Å². The first-order valence-electron chi connectivity index (χ1n) is 8.90. The van der Waals surface area contributed by atoms with Gasteiger partial charge in [-0.25, -0.2) is 9.97 Å². The third-order valence-electron chi connectivity index (χ3n) is 4.01. The fourth-order valence-corrected chi connectivity index (χ4v) is 2.74. The summed E-state index contributed by atoms with van der Waals surface area (Å²) >= 11 is 2.15. The second-order valence-electron chi connectivity index (χ2n) is 6.11. The van der Waals surface area contributed by atoms with Crippen molar-refractivity contribution in [1.82, 2.24) is 30.1 Å². The van der Waals surface area contributed by atoms with Gasteiger partial charge in [-0.1, -0.05) is 40.8 Å². The molecular formula is C20H17F3IN7. The molecule has 0 radical (unpaired) electrons. The zero-order chi connectivity index (χ0) is 22.4. The lowest BCUT2D eigenvalue weighted by Crippen LogP contribution is -2.09. The largest absolute Gasteiger partial charge is 0.417 e. The molecule has 0 bridgehead atoms. The van der Waals surface area contributed by atoms with Crippen LogP contribution in [0.4, 0.5) is 24.9 Å². The van der Waals surface area contributed by atoms with Crippen molar-refractivity contribution >= 4 is 34.4 Å². The molecule has 0 spiro atoms. The molecule has 0 atom stereocenters. The Balaban J connectivity index is 0.00000132. The van der Waals surface area contributed by atoms with Gasteiger partial charge in [0.25, 0.3) is 0 Å². The minimum Gasteiger partial charge on any atom is -0.307 e. The topological polar surface area (TPSA) is 92.3 Å². The van der Waals surface area contributed by atoms with Crippen molar-refractivity contribution in [2.24, 2.45) is 0 Å². The van der Waals surface area contributed by atoms with Gasteiger partial charge in [0.2, 0.25) is 5.95 Å². The number of anilines is 2. The molecule has 11 heteroatoms. The Morgan fingerprint density at radius 2 is 1.68 bits per heavy atom. The number of aromatic amines is 1. The highest BCUT2D eigenvalue weighted by Gasteiger charge is 2.34. The van der Waals surface area contributed by atoms with Crippen LogP contribution in [0, 0.1) is 6.92 Å².